The Balaban J connectivity index is 1.94. The summed E-state index contributed by atoms with van der Waals surface area (Å²) in [6.07, 6.45) is 6.94. The van der Waals surface area contributed by atoms with Gasteiger partial charge in [0, 0.05) is 0 Å². The van der Waals surface area contributed by atoms with Crippen molar-refractivity contribution in [2.24, 2.45) is 0 Å². The van der Waals surface area contributed by atoms with Gasteiger partial charge in [-0.05, 0) is 63.8 Å². The number of hydrogen-bond acceptors (Lipinski definition) is 3. The second-order valence-corrected chi connectivity index (χ2v) is 6.95. The van der Waals surface area contributed by atoms with Crippen molar-refractivity contribution in [2.45, 2.75) is 40.0 Å². The van der Waals surface area contributed by atoms with E-state index in [-0.39, 0.29) is 16.6 Å². The van der Waals surface area contributed by atoms with E-state index in [9.17, 15) is 9.90 Å². The summed E-state index contributed by atoms with van der Waals surface area (Å²) in [4.78, 5) is 12.8. The lowest BCUT2D eigenvalue weighted by atomic mass is 10.0. The Morgan fingerprint density at radius 1 is 1.04 bits per heavy atom. The van der Waals surface area contributed by atoms with Gasteiger partial charge in [0.05, 0.1) is 5.39 Å². The lowest BCUT2D eigenvalue weighted by molar-refractivity contribution is 0.474. The van der Waals surface area contributed by atoms with E-state index in [0.29, 0.717) is 23.0 Å². The summed E-state index contributed by atoms with van der Waals surface area (Å²) in [5.74, 6) is 0.0235. The highest BCUT2D eigenvalue weighted by Crippen LogP contribution is 2.29. The third kappa shape index (κ3) is 3.72. The Bertz CT molecular complexity index is 1060. The molecule has 1 aromatic heterocycles. The molecule has 0 saturated heterocycles. The van der Waals surface area contributed by atoms with Crippen LogP contribution in [0, 0.1) is 0 Å². The zero-order valence-corrected chi connectivity index (χ0v) is 15.5. The molecule has 0 aliphatic heterocycles. The monoisotopic (exact) mass is 348 g/mol. The number of fused-ring (bicyclic) bond motifs is 2. The Labute approximate surface area is 153 Å². The molecule has 3 nitrogen and oxygen atoms in total. The molecule has 0 aliphatic rings. The van der Waals surface area contributed by atoms with Gasteiger partial charge in [-0.2, -0.15) is 0 Å². The van der Waals surface area contributed by atoms with Crippen molar-refractivity contribution in [1.82, 2.24) is 0 Å². The summed E-state index contributed by atoms with van der Waals surface area (Å²) >= 11 is 0. The van der Waals surface area contributed by atoms with Gasteiger partial charge in [0.25, 0.3) is 0 Å². The van der Waals surface area contributed by atoms with Crippen LogP contribution in [0.25, 0.3) is 21.9 Å². The van der Waals surface area contributed by atoms with Gasteiger partial charge in [-0.3, -0.25) is 4.79 Å². The first-order valence-electron chi connectivity index (χ1n) is 8.92. The fraction of sp³-hybridized carbons (Fsp3) is 0.261. The van der Waals surface area contributed by atoms with Gasteiger partial charge in [0.1, 0.15) is 22.3 Å². The molecule has 3 aromatic rings. The van der Waals surface area contributed by atoms with Crippen molar-refractivity contribution >= 4 is 21.9 Å². The first kappa shape index (κ1) is 18.0. The number of allylic oxidation sites excluding steroid dienone is 4. The van der Waals surface area contributed by atoms with Crippen LogP contribution in [0.2, 0.25) is 0 Å². The summed E-state index contributed by atoms with van der Waals surface area (Å²) < 4.78 is 5.78. The van der Waals surface area contributed by atoms with Crippen LogP contribution >= 0.6 is 0 Å². The van der Waals surface area contributed by atoms with Gasteiger partial charge >= 0.3 is 0 Å². The predicted molar refractivity (Wildman–Crippen MR) is 108 cm³/mol. The third-order valence-corrected chi connectivity index (χ3v) is 4.56. The van der Waals surface area contributed by atoms with Crippen LogP contribution in [-0.2, 0) is 6.42 Å². The molecule has 3 heteroatoms. The average Bonchev–Trinajstić information content (AvgIpc) is 2.61. The van der Waals surface area contributed by atoms with Gasteiger partial charge in [-0.1, -0.05) is 41.5 Å². The normalized spacial score (nSPS) is 11.9. The zero-order chi connectivity index (χ0) is 18.7. The number of benzene rings is 2. The second-order valence-electron chi connectivity index (χ2n) is 6.95. The SMILES string of the molecule is CC(C)=CCCC(C)=CCc1ccc2oc3ccccc3c(=O)c2c1O. The van der Waals surface area contributed by atoms with E-state index in [1.807, 2.05) is 12.1 Å². The summed E-state index contributed by atoms with van der Waals surface area (Å²) in [5, 5.41) is 11.4. The van der Waals surface area contributed by atoms with Crippen LogP contribution in [-0.4, -0.2) is 5.11 Å². The van der Waals surface area contributed by atoms with Crippen LogP contribution in [0.1, 0.15) is 39.2 Å². The quantitative estimate of drug-likeness (QED) is 0.462. The molecule has 0 spiro atoms. The number of rotatable bonds is 5. The molecule has 26 heavy (non-hydrogen) atoms. The van der Waals surface area contributed by atoms with Crippen LogP contribution < -0.4 is 5.43 Å². The number of aromatic hydroxyl groups is 1. The third-order valence-electron chi connectivity index (χ3n) is 4.56. The van der Waals surface area contributed by atoms with E-state index in [0.717, 1.165) is 18.4 Å². The average molecular weight is 348 g/mol. The van der Waals surface area contributed by atoms with Crippen molar-refractivity contribution in [3.63, 3.8) is 0 Å². The maximum Gasteiger partial charge on any atom is 0.204 e. The van der Waals surface area contributed by atoms with Crippen molar-refractivity contribution in [3.8, 4) is 5.75 Å². The molecule has 0 fully saturated rings. The molecule has 0 bridgehead atoms. The number of para-hydroxylation sites is 1. The lowest BCUT2D eigenvalue weighted by Crippen LogP contribution is -2.03. The van der Waals surface area contributed by atoms with Gasteiger partial charge < -0.3 is 9.52 Å². The van der Waals surface area contributed by atoms with Crippen LogP contribution in [0.15, 0.2) is 68.9 Å². The summed E-state index contributed by atoms with van der Waals surface area (Å²) in [7, 11) is 0. The highest BCUT2D eigenvalue weighted by atomic mass is 16.3. The Morgan fingerprint density at radius 3 is 2.58 bits per heavy atom. The number of hydrogen-bond donors (Lipinski definition) is 1. The van der Waals surface area contributed by atoms with Crippen molar-refractivity contribution in [3.05, 3.63) is 75.5 Å². The summed E-state index contributed by atoms with van der Waals surface area (Å²) in [6, 6.07) is 10.7. The molecule has 3 rings (SSSR count). The van der Waals surface area contributed by atoms with E-state index in [2.05, 4.69) is 32.9 Å². The van der Waals surface area contributed by atoms with Crippen LogP contribution in [0.4, 0.5) is 0 Å². The Kier molecular flexibility index (Phi) is 5.27. The highest BCUT2D eigenvalue weighted by molar-refractivity contribution is 5.93. The largest absolute Gasteiger partial charge is 0.507 e. The minimum atomic E-state index is -0.189. The van der Waals surface area contributed by atoms with Gasteiger partial charge in [-0.15, -0.1) is 0 Å². The van der Waals surface area contributed by atoms with E-state index in [1.165, 1.54) is 11.1 Å². The Morgan fingerprint density at radius 2 is 1.81 bits per heavy atom. The van der Waals surface area contributed by atoms with Crippen molar-refractivity contribution in [1.29, 1.82) is 0 Å². The van der Waals surface area contributed by atoms with Crippen molar-refractivity contribution in [2.75, 3.05) is 0 Å². The maximum absolute atomic E-state index is 12.8. The van der Waals surface area contributed by atoms with E-state index >= 15 is 0 Å². The van der Waals surface area contributed by atoms with Gasteiger partial charge in [0.15, 0.2) is 0 Å². The molecule has 0 unspecified atom stereocenters. The minimum Gasteiger partial charge on any atom is -0.507 e. The molecule has 0 saturated carbocycles. The minimum absolute atomic E-state index is 0.0235. The van der Waals surface area contributed by atoms with E-state index < -0.39 is 0 Å². The van der Waals surface area contributed by atoms with Crippen molar-refractivity contribution < 1.29 is 9.52 Å². The first-order valence-corrected chi connectivity index (χ1v) is 8.92. The number of phenols is 1. The second kappa shape index (κ2) is 7.61. The summed E-state index contributed by atoms with van der Waals surface area (Å²) in [5.41, 5.74) is 4.09. The fourth-order valence-electron chi connectivity index (χ4n) is 3.06. The van der Waals surface area contributed by atoms with Gasteiger partial charge in [0.2, 0.25) is 5.43 Å². The molecule has 0 atom stereocenters. The molecule has 0 aliphatic carbocycles. The topological polar surface area (TPSA) is 50.4 Å². The molecule has 0 radical (unpaired) electrons. The lowest BCUT2D eigenvalue weighted by Gasteiger charge is -2.07. The van der Waals surface area contributed by atoms with Crippen LogP contribution in [0.3, 0.4) is 0 Å². The zero-order valence-electron chi connectivity index (χ0n) is 15.5. The standard InChI is InChI=1S/C23H24O3/c1-15(2)7-6-8-16(3)11-12-17-13-14-20-21(22(17)24)23(25)18-9-4-5-10-19(18)26-20/h4-5,7,9-11,13-14,24H,6,8,12H2,1-3H3. The smallest absolute Gasteiger partial charge is 0.204 e. The molecular weight excluding hydrogens is 324 g/mol. The maximum atomic E-state index is 12.8. The van der Waals surface area contributed by atoms with Crippen LogP contribution in [0.5, 0.6) is 5.75 Å². The molecule has 1 N–H and O–H groups in total. The first-order chi connectivity index (χ1) is 12.5. The van der Waals surface area contributed by atoms with Gasteiger partial charge in [-0.25, -0.2) is 0 Å². The molecule has 134 valence electrons. The fourth-order valence-corrected chi connectivity index (χ4v) is 3.06. The highest BCUT2D eigenvalue weighted by Gasteiger charge is 2.13. The molecule has 0 amide bonds. The van der Waals surface area contributed by atoms with E-state index in [1.54, 1.807) is 24.3 Å². The predicted octanol–water partition coefficient (Wildman–Crippen LogP) is 5.89. The molecular formula is C23H24O3. The Hall–Kier alpha value is -2.81. The molecule has 2 aromatic carbocycles. The summed E-state index contributed by atoms with van der Waals surface area (Å²) in [6.45, 7) is 6.29. The number of phenolic OH excluding ortho intramolecular Hbond substituents is 1. The molecule has 1 heterocycles. The van der Waals surface area contributed by atoms with E-state index in [4.69, 9.17) is 4.42 Å².